The van der Waals surface area contributed by atoms with Crippen LogP contribution in [-0.4, -0.2) is 24.2 Å². The first-order chi connectivity index (χ1) is 13.2. The molecule has 134 valence electrons. The summed E-state index contributed by atoms with van der Waals surface area (Å²) in [5.41, 5.74) is 1.64. The molecule has 0 fully saturated rings. The van der Waals surface area contributed by atoms with Gasteiger partial charge in [-0.15, -0.1) is 0 Å². The van der Waals surface area contributed by atoms with Gasteiger partial charge in [-0.1, -0.05) is 23.5 Å². The molecule has 7 heteroatoms. The number of hydrazone groups is 1. The lowest BCUT2D eigenvalue weighted by Gasteiger charge is -2.12. The third-order valence-corrected chi connectivity index (χ3v) is 4.84. The quantitative estimate of drug-likeness (QED) is 0.377. The van der Waals surface area contributed by atoms with Crippen LogP contribution in [0.3, 0.4) is 0 Å². The average molecular weight is 377 g/mol. The number of rotatable bonds is 5. The number of fused-ring (bicyclic) bond motifs is 1. The fourth-order valence-electron chi connectivity index (χ4n) is 2.46. The number of hydrogen-bond donors (Lipinski definition) is 0. The van der Waals surface area contributed by atoms with E-state index in [4.69, 9.17) is 9.15 Å². The lowest BCUT2D eigenvalue weighted by molar-refractivity contribution is 0.0961. The number of benzene rings is 2. The Morgan fingerprint density at radius 3 is 2.67 bits per heavy atom. The molecule has 0 saturated carbocycles. The molecule has 1 amide bonds. The van der Waals surface area contributed by atoms with Crippen LogP contribution in [0.4, 0.5) is 5.13 Å². The number of ether oxygens (including phenoxy) is 1. The number of amides is 1. The highest BCUT2D eigenvalue weighted by Crippen LogP contribution is 2.30. The second-order valence-corrected chi connectivity index (χ2v) is 6.59. The second kappa shape index (κ2) is 7.43. The van der Waals surface area contributed by atoms with Gasteiger partial charge < -0.3 is 9.15 Å². The molecule has 0 radical (unpaired) electrons. The standard InChI is InChI=1S/C20H15N3O3S/c1-25-15-10-8-14(9-11-15)13-21-23(19(24)17-6-4-12-26-17)20-22-16-5-2-3-7-18(16)27-20/h2-13H,1H3/b21-13+. The van der Waals surface area contributed by atoms with E-state index in [0.717, 1.165) is 21.5 Å². The van der Waals surface area contributed by atoms with Crippen molar-refractivity contribution < 1.29 is 13.9 Å². The maximum Gasteiger partial charge on any atom is 0.316 e. The average Bonchev–Trinajstić information content (AvgIpc) is 3.38. The number of aromatic nitrogens is 1. The fraction of sp³-hybridized carbons (Fsp3) is 0.0500. The van der Waals surface area contributed by atoms with Gasteiger partial charge in [0.25, 0.3) is 0 Å². The molecule has 0 atom stereocenters. The fourth-order valence-corrected chi connectivity index (χ4v) is 3.38. The third-order valence-electron chi connectivity index (χ3n) is 3.83. The molecule has 0 unspecified atom stereocenters. The lowest BCUT2D eigenvalue weighted by Crippen LogP contribution is -2.25. The van der Waals surface area contributed by atoms with Crippen molar-refractivity contribution in [2.75, 3.05) is 12.1 Å². The van der Waals surface area contributed by atoms with Gasteiger partial charge in [0, 0.05) is 0 Å². The Bertz CT molecular complexity index is 1050. The molecule has 2 aromatic heterocycles. The van der Waals surface area contributed by atoms with E-state index in [9.17, 15) is 4.79 Å². The van der Waals surface area contributed by atoms with Gasteiger partial charge in [0.05, 0.1) is 29.8 Å². The van der Waals surface area contributed by atoms with E-state index in [1.165, 1.54) is 22.6 Å². The predicted molar refractivity (Wildman–Crippen MR) is 106 cm³/mol. The van der Waals surface area contributed by atoms with Gasteiger partial charge in [0.1, 0.15) is 5.75 Å². The van der Waals surface area contributed by atoms with E-state index in [0.29, 0.717) is 5.13 Å². The Morgan fingerprint density at radius 2 is 1.96 bits per heavy atom. The van der Waals surface area contributed by atoms with Crippen LogP contribution in [-0.2, 0) is 0 Å². The zero-order valence-electron chi connectivity index (χ0n) is 14.4. The van der Waals surface area contributed by atoms with E-state index in [2.05, 4.69) is 10.1 Å². The van der Waals surface area contributed by atoms with E-state index >= 15 is 0 Å². The molecule has 4 aromatic rings. The molecule has 0 aliphatic carbocycles. The molecular formula is C20H15N3O3S. The summed E-state index contributed by atoms with van der Waals surface area (Å²) in [6.45, 7) is 0. The van der Waals surface area contributed by atoms with E-state index < -0.39 is 0 Å². The number of carbonyl (C=O) groups excluding carboxylic acids is 1. The van der Waals surface area contributed by atoms with Crippen molar-refractivity contribution in [2.45, 2.75) is 0 Å². The summed E-state index contributed by atoms with van der Waals surface area (Å²) >= 11 is 1.39. The summed E-state index contributed by atoms with van der Waals surface area (Å²) in [7, 11) is 1.61. The van der Waals surface area contributed by atoms with Crippen molar-refractivity contribution in [1.82, 2.24) is 4.98 Å². The number of para-hydroxylation sites is 1. The minimum Gasteiger partial charge on any atom is -0.497 e. The van der Waals surface area contributed by atoms with Crippen LogP contribution < -0.4 is 9.75 Å². The maximum atomic E-state index is 12.9. The summed E-state index contributed by atoms with van der Waals surface area (Å²) in [4.78, 5) is 17.4. The summed E-state index contributed by atoms with van der Waals surface area (Å²) in [5, 5.41) is 6.11. The smallest absolute Gasteiger partial charge is 0.316 e. The minimum atomic E-state index is -0.385. The number of hydrogen-bond acceptors (Lipinski definition) is 6. The number of carbonyl (C=O) groups is 1. The van der Waals surface area contributed by atoms with Crippen molar-refractivity contribution in [2.24, 2.45) is 5.10 Å². The van der Waals surface area contributed by atoms with Gasteiger partial charge in [-0.2, -0.15) is 10.1 Å². The first-order valence-corrected chi connectivity index (χ1v) is 8.98. The number of thiazole rings is 1. The van der Waals surface area contributed by atoms with Gasteiger partial charge in [0.2, 0.25) is 5.13 Å². The molecule has 27 heavy (non-hydrogen) atoms. The molecule has 0 N–H and O–H groups in total. The highest BCUT2D eigenvalue weighted by atomic mass is 32.1. The van der Waals surface area contributed by atoms with E-state index in [1.54, 1.807) is 25.5 Å². The number of anilines is 1. The number of nitrogens with zero attached hydrogens (tertiary/aromatic N) is 3. The highest BCUT2D eigenvalue weighted by molar-refractivity contribution is 7.22. The van der Waals surface area contributed by atoms with E-state index in [-0.39, 0.29) is 11.7 Å². The predicted octanol–water partition coefficient (Wildman–Crippen LogP) is 4.58. The van der Waals surface area contributed by atoms with Crippen molar-refractivity contribution in [3.05, 3.63) is 78.3 Å². The van der Waals surface area contributed by atoms with Gasteiger partial charge >= 0.3 is 5.91 Å². The number of furan rings is 1. The van der Waals surface area contributed by atoms with Gasteiger partial charge in [-0.25, -0.2) is 4.98 Å². The first-order valence-electron chi connectivity index (χ1n) is 8.16. The summed E-state index contributed by atoms with van der Waals surface area (Å²) in [6, 6.07) is 18.3. The van der Waals surface area contributed by atoms with Gasteiger partial charge in [0.15, 0.2) is 5.76 Å². The Kier molecular flexibility index (Phi) is 4.67. The Labute approximate surface area is 159 Å². The minimum absolute atomic E-state index is 0.195. The van der Waals surface area contributed by atoms with Crippen LogP contribution >= 0.6 is 11.3 Å². The van der Waals surface area contributed by atoms with Crippen molar-refractivity contribution in [3.63, 3.8) is 0 Å². The monoisotopic (exact) mass is 377 g/mol. The van der Waals surface area contributed by atoms with Gasteiger partial charge in [-0.3, -0.25) is 4.79 Å². The molecule has 2 aromatic carbocycles. The van der Waals surface area contributed by atoms with Crippen LogP contribution in [0, 0.1) is 0 Å². The van der Waals surface area contributed by atoms with Crippen LogP contribution in [0.15, 0.2) is 76.4 Å². The van der Waals surface area contributed by atoms with Crippen molar-refractivity contribution >= 4 is 38.8 Å². The largest absolute Gasteiger partial charge is 0.497 e. The normalized spacial score (nSPS) is 11.1. The molecular weight excluding hydrogens is 362 g/mol. The third kappa shape index (κ3) is 3.58. The Morgan fingerprint density at radius 1 is 1.15 bits per heavy atom. The lowest BCUT2D eigenvalue weighted by atomic mass is 10.2. The molecule has 2 heterocycles. The van der Waals surface area contributed by atoms with Crippen molar-refractivity contribution in [3.8, 4) is 5.75 Å². The zero-order valence-corrected chi connectivity index (χ0v) is 15.2. The van der Waals surface area contributed by atoms with E-state index in [1.807, 2.05) is 48.5 Å². The molecule has 0 spiro atoms. The topological polar surface area (TPSA) is 67.9 Å². The number of methoxy groups -OCH3 is 1. The van der Waals surface area contributed by atoms with Gasteiger partial charge in [-0.05, 0) is 54.1 Å². The summed E-state index contributed by atoms with van der Waals surface area (Å²) in [6.07, 6.45) is 3.06. The van der Waals surface area contributed by atoms with Crippen LogP contribution in [0.1, 0.15) is 16.1 Å². The molecule has 0 bridgehead atoms. The Balaban J connectivity index is 1.70. The molecule has 0 aliphatic rings. The highest BCUT2D eigenvalue weighted by Gasteiger charge is 2.22. The first kappa shape index (κ1) is 17.0. The summed E-state index contributed by atoms with van der Waals surface area (Å²) in [5.74, 6) is 0.562. The SMILES string of the molecule is COc1ccc(/C=N/N(C(=O)c2ccco2)c2nc3ccccc3s2)cc1. The summed E-state index contributed by atoms with van der Waals surface area (Å²) < 4.78 is 11.4. The van der Waals surface area contributed by atoms with Crippen molar-refractivity contribution in [1.29, 1.82) is 0 Å². The molecule has 0 aliphatic heterocycles. The molecule has 0 saturated heterocycles. The molecule has 4 rings (SSSR count). The molecule has 6 nitrogen and oxygen atoms in total. The van der Waals surface area contributed by atoms with Crippen LogP contribution in [0.25, 0.3) is 10.2 Å². The Hall–Kier alpha value is -3.45. The zero-order chi connectivity index (χ0) is 18.6. The maximum absolute atomic E-state index is 12.9. The van der Waals surface area contributed by atoms with Crippen LogP contribution in [0.5, 0.6) is 5.75 Å². The van der Waals surface area contributed by atoms with Crippen LogP contribution in [0.2, 0.25) is 0 Å². The second-order valence-electron chi connectivity index (χ2n) is 5.58.